The monoisotopic (exact) mass is 523 g/mol. The van der Waals surface area contributed by atoms with Crippen LogP contribution >= 0.6 is 23.5 Å². The molecule has 0 spiro atoms. The van der Waals surface area contributed by atoms with Crippen LogP contribution in [0.3, 0.4) is 0 Å². The van der Waals surface area contributed by atoms with Crippen LogP contribution in [0, 0.1) is 10.1 Å². The maximum absolute atomic E-state index is 11.0. The summed E-state index contributed by atoms with van der Waals surface area (Å²) in [6, 6.07) is 8.13. The molecule has 1 aliphatic rings. The van der Waals surface area contributed by atoms with Gasteiger partial charge in [-0.05, 0) is 64.3 Å². The normalized spacial score (nSPS) is 14.8. The minimum atomic E-state index is -0.341. The highest BCUT2D eigenvalue weighted by molar-refractivity contribution is 7.98. The van der Waals surface area contributed by atoms with E-state index in [9.17, 15) is 10.1 Å². The van der Waals surface area contributed by atoms with Gasteiger partial charge in [-0.1, -0.05) is 0 Å². The Hall–Kier alpha value is -1.95. The second kappa shape index (κ2) is 15.2. The van der Waals surface area contributed by atoms with Gasteiger partial charge in [0.1, 0.15) is 23.0 Å². The molecule has 2 aromatic rings. The van der Waals surface area contributed by atoms with Gasteiger partial charge in [0.2, 0.25) is 0 Å². The first kappa shape index (κ1) is 27.6. The quantitative estimate of drug-likeness (QED) is 0.115. The number of likely N-dealkylation sites (tertiary alicyclic amines) is 1. The average molecular weight is 524 g/mol. The third-order valence-corrected chi connectivity index (χ3v) is 7.31. The molecule has 11 heteroatoms. The van der Waals surface area contributed by atoms with E-state index in [1.54, 1.807) is 23.5 Å². The molecule has 9 nitrogen and oxygen atoms in total. The SMILES string of the molecule is CN(C)Cc1ccc(CSCCNC(C[N+](=O)[O-])=NCCSCc2ccc(CN3CCCC3)o2)o1. The van der Waals surface area contributed by atoms with Crippen molar-refractivity contribution >= 4 is 29.4 Å². The van der Waals surface area contributed by atoms with E-state index in [0.717, 1.165) is 72.2 Å². The lowest BCUT2D eigenvalue weighted by atomic mass is 10.4. The third kappa shape index (κ3) is 11.1. The van der Waals surface area contributed by atoms with E-state index in [4.69, 9.17) is 8.83 Å². The summed E-state index contributed by atoms with van der Waals surface area (Å²) in [5.74, 6) is 7.50. The fourth-order valence-corrected chi connectivity index (χ4v) is 5.25. The van der Waals surface area contributed by atoms with Crippen LogP contribution in [-0.2, 0) is 24.6 Å². The van der Waals surface area contributed by atoms with E-state index < -0.39 is 0 Å². The van der Waals surface area contributed by atoms with Crippen LogP contribution in [0.1, 0.15) is 35.9 Å². The molecule has 1 saturated heterocycles. The van der Waals surface area contributed by atoms with E-state index in [1.807, 2.05) is 32.3 Å². The summed E-state index contributed by atoms with van der Waals surface area (Å²) in [6.07, 6.45) is 2.55. The van der Waals surface area contributed by atoms with Crippen molar-refractivity contribution in [3.8, 4) is 0 Å². The topological polar surface area (TPSA) is 100 Å². The molecular weight excluding hydrogens is 486 g/mol. The van der Waals surface area contributed by atoms with Gasteiger partial charge in [0.05, 0.1) is 31.1 Å². The highest BCUT2D eigenvalue weighted by Gasteiger charge is 2.14. The zero-order chi connectivity index (χ0) is 24.9. The Morgan fingerprint density at radius 2 is 1.69 bits per heavy atom. The van der Waals surface area contributed by atoms with Crippen molar-refractivity contribution in [2.75, 3.05) is 58.3 Å². The predicted octanol–water partition coefficient (Wildman–Crippen LogP) is 3.96. The van der Waals surface area contributed by atoms with Gasteiger partial charge in [-0.3, -0.25) is 20.0 Å². The number of furan rings is 2. The van der Waals surface area contributed by atoms with Crippen LogP contribution in [0.4, 0.5) is 0 Å². The van der Waals surface area contributed by atoms with Crippen molar-refractivity contribution in [1.29, 1.82) is 0 Å². The largest absolute Gasteiger partial charge is 0.464 e. The number of hydrogen-bond donors (Lipinski definition) is 1. The fourth-order valence-electron chi connectivity index (χ4n) is 3.78. The maximum Gasteiger partial charge on any atom is 0.259 e. The zero-order valence-electron chi connectivity index (χ0n) is 20.7. The summed E-state index contributed by atoms with van der Waals surface area (Å²) in [7, 11) is 4.02. The van der Waals surface area contributed by atoms with E-state index in [-0.39, 0.29) is 11.5 Å². The van der Waals surface area contributed by atoms with Crippen molar-refractivity contribution in [3.05, 3.63) is 57.4 Å². The molecule has 2 aromatic heterocycles. The Morgan fingerprint density at radius 1 is 1.06 bits per heavy atom. The molecular formula is C24H37N5O4S2. The maximum atomic E-state index is 11.0. The van der Waals surface area contributed by atoms with Crippen molar-refractivity contribution < 1.29 is 13.8 Å². The van der Waals surface area contributed by atoms with Gasteiger partial charge in [0.15, 0.2) is 5.84 Å². The summed E-state index contributed by atoms with van der Waals surface area (Å²) >= 11 is 3.46. The third-order valence-electron chi connectivity index (χ3n) is 5.37. The molecule has 1 aliphatic heterocycles. The lowest BCUT2D eigenvalue weighted by Crippen LogP contribution is -2.32. The van der Waals surface area contributed by atoms with Gasteiger partial charge in [-0.2, -0.15) is 23.5 Å². The van der Waals surface area contributed by atoms with E-state index in [2.05, 4.69) is 26.2 Å². The number of amidine groups is 1. The Morgan fingerprint density at radius 3 is 2.37 bits per heavy atom. The summed E-state index contributed by atoms with van der Waals surface area (Å²) < 4.78 is 11.7. The van der Waals surface area contributed by atoms with Crippen molar-refractivity contribution in [1.82, 2.24) is 15.1 Å². The first-order chi connectivity index (χ1) is 17.0. The fraction of sp³-hybridized carbons (Fsp3) is 0.625. The zero-order valence-corrected chi connectivity index (χ0v) is 22.4. The highest BCUT2D eigenvalue weighted by Crippen LogP contribution is 2.19. The number of hydrogen-bond acceptors (Lipinski definition) is 9. The van der Waals surface area contributed by atoms with Crippen molar-refractivity contribution in [2.24, 2.45) is 4.99 Å². The molecule has 3 heterocycles. The van der Waals surface area contributed by atoms with Gasteiger partial charge in [0.25, 0.3) is 6.54 Å². The molecule has 0 aromatic carbocycles. The van der Waals surface area contributed by atoms with Crippen LogP contribution in [0.15, 0.2) is 38.1 Å². The first-order valence-electron chi connectivity index (χ1n) is 12.0. The van der Waals surface area contributed by atoms with Gasteiger partial charge < -0.3 is 19.1 Å². The number of nitro groups is 1. The summed E-state index contributed by atoms with van der Waals surface area (Å²) in [4.78, 5) is 19.6. The molecule has 3 rings (SSSR count). The summed E-state index contributed by atoms with van der Waals surface area (Å²) in [6.45, 7) is 4.88. The van der Waals surface area contributed by atoms with Gasteiger partial charge in [-0.15, -0.1) is 0 Å². The molecule has 0 radical (unpaired) electrons. The molecule has 35 heavy (non-hydrogen) atoms. The number of nitrogens with one attached hydrogen (secondary N) is 1. The Bertz CT molecular complexity index is 925. The Labute approximate surface area is 216 Å². The van der Waals surface area contributed by atoms with Crippen LogP contribution in [0.25, 0.3) is 0 Å². The minimum absolute atomic E-state index is 0.278. The molecule has 0 saturated carbocycles. The number of nitrogens with zero attached hydrogens (tertiary/aromatic N) is 4. The molecule has 0 aliphatic carbocycles. The average Bonchev–Trinajstić information content (AvgIpc) is 3.56. The van der Waals surface area contributed by atoms with E-state index >= 15 is 0 Å². The molecule has 0 bridgehead atoms. The van der Waals surface area contributed by atoms with Crippen LogP contribution in [-0.4, -0.2) is 78.9 Å². The first-order valence-corrected chi connectivity index (χ1v) is 14.4. The van der Waals surface area contributed by atoms with E-state index in [0.29, 0.717) is 18.9 Å². The van der Waals surface area contributed by atoms with Gasteiger partial charge in [-0.25, -0.2) is 0 Å². The molecule has 0 amide bonds. The lowest BCUT2D eigenvalue weighted by Gasteiger charge is -2.11. The molecule has 1 N–H and O–H groups in total. The van der Waals surface area contributed by atoms with Crippen molar-refractivity contribution in [3.63, 3.8) is 0 Å². The lowest BCUT2D eigenvalue weighted by molar-refractivity contribution is -0.463. The summed E-state index contributed by atoms with van der Waals surface area (Å²) in [5.41, 5.74) is 0. The number of aliphatic imine (C=N–C) groups is 1. The standard InChI is InChI=1S/C24H37N5O4S2/c1-27(2)15-20-5-7-22(32-20)18-34-13-9-25-24(17-29(30)31)26-10-14-35-19-23-8-6-21(33-23)16-28-11-3-4-12-28/h5-8H,3-4,9-19H2,1-2H3,(H,25,26). The Kier molecular flexibility index (Phi) is 12.0. The highest BCUT2D eigenvalue weighted by atomic mass is 32.2. The Balaban J connectivity index is 1.30. The van der Waals surface area contributed by atoms with Gasteiger partial charge in [0, 0.05) is 23.0 Å². The minimum Gasteiger partial charge on any atom is -0.464 e. The molecule has 0 atom stereocenters. The van der Waals surface area contributed by atoms with Crippen LogP contribution in [0.2, 0.25) is 0 Å². The number of thioether (sulfide) groups is 2. The van der Waals surface area contributed by atoms with Crippen LogP contribution < -0.4 is 5.32 Å². The summed E-state index contributed by atoms with van der Waals surface area (Å²) in [5, 5.41) is 14.1. The smallest absolute Gasteiger partial charge is 0.259 e. The number of rotatable bonds is 16. The second-order valence-electron chi connectivity index (χ2n) is 8.81. The van der Waals surface area contributed by atoms with E-state index in [1.165, 1.54) is 12.8 Å². The van der Waals surface area contributed by atoms with Crippen LogP contribution in [0.5, 0.6) is 0 Å². The second-order valence-corrected chi connectivity index (χ2v) is 11.0. The predicted molar refractivity (Wildman–Crippen MR) is 144 cm³/mol. The molecule has 1 fully saturated rings. The van der Waals surface area contributed by atoms with Gasteiger partial charge >= 0.3 is 0 Å². The van der Waals surface area contributed by atoms with Crippen molar-refractivity contribution in [2.45, 2.75) is 37.4 Å². The molecule has 0 unspecified atom stereocenters. The molecule has 194 valence electrons.